The summed E-state index contributed by atoms with van der Waals surface area (Å²) in [4.78, 5) is 0. The van der Waals surface area contributed by atoms with E-state index in [4.69, 9.17) is 0 Å². The van der Waals surface area contributed by atoms with Crippen molar-refractivity contribution in [3.63, 3.8) is 0 Å². The van der Waals surface area contributed by atoms with E-state index in [1.54, 1.807) is 0 Å². The third-order valence-electron chi connectivity index (χ3n) is 4.62. The van der Waals surface area contributed by atoms with Gasteiger partial charge in [0.1, 0.15) is 0 Å². The van der Waals surface area contributed by atoms with E-state index in [-0.39, 0.29) is 11.5 Å². The average Bonchev–Trinajstić information content (AvgIpc) is 2.95. The van der Waals surface area contributed by atoms with Crippen molar-refractivity contribution in [2.45, 2.75) is 45.1 Å². The Balaban J connectivity index is 2.54. The quantitative estimate of drug-likeness (QED) is 0.850. The highest BCUT2D eigenvalue weighted by Crippen LogP contribution is 2.42. The Bertz CT molecular complexity index is 543. The smallest absolute Gasteiger partial charge is 0.0762 e. The van der Waals surface area contributed by atoms with Crippen LogP contribution in [0.25, 0.3) is 0 Å². The molecule has 0 aliphatic rings. The Labute approximate surface area is 127 Å². The summed E-state index contributed by atoms with van der Waals surface area (Å²) in [7, 11) is 1.97. The molecule has 0 bridgehead atoms. The Morgan fingerprint density at radius 2 is 1.81 bits per heavy atom. The van der Waals surface area contributed by atoms with Gasteiger partial charge in [0, 0.05) is 12.5 Å². The van der Waals surface area contributed by atoms with Crippen molar-refractivity contribution in [1.82, 2.24) is 20.3 Å². The van der Waals surface area contributed by atoms with E-state index < -0.39 is 0 Å². The predicted molar refractivity (Wildman–Crippen MR) is 86.1 cm³/mol. The fourth-order valence-corrected chi connectivity index (χ4v) is 3.35. The molecule has 0 aliphatic heterocycles. The molecule has 1 atom stereocenters. The molecule has 0 saturated heterocycles. The summed E-state index contributed by atoms with van der Waals surface area (Å²) in [6.45, 7) is 7.61. The molecule has 2 rings (SSSR count). The molecule has 114 valence electrons. The lowest BCUT2D eigenvalue weighted by Crippen LogP contribution is -2.42. The summed E-state index contributed by atoms with van der Waals surface area (Å²) in [5.74, 6) is 0. The number of aryl methyl sites for hydroxylation is 1. The molecule has 1 aromatic carbocycles. The van der Waals surface area contributed by atoms with Crippen LogP contribution in [-0.2, 0) is 12.5 Å². The van der Waals surface area contributed by atoms with E-state index in [9.17, 15) is 0 Å². The van der Waals surface area contributed by atoms with Crippen LogP contribution in [-0.4, -0.2) is 21.5 Å². The minimum absolute atomic E-state index is 0.0484. The van der Waals surface area contributed by atoms with Crippen LogP contribution in [0.1, 0.15) is 50.9 Å². The first kappa shape index (κ1) is 15.7. The van der Waals surface area contributed by atoms with Gasteiger partial charge in [-0.3, -0.25) is 4.68 Å². The second kappa shape index (κ2) is 6.85. The second-order valence-electron chi connectivity index (χ2n) is 5.50. The summed E-state index contributed by atoms with van der Waals surface area (Å²) in [6, 6.07) is 11.0. The van der Waals surface area contributed by atoms with Crippen LogP contribution in [0.2, 0.25) is 0 Å². The minimum atomic E-state index is 0.0484. The molecular formula is C17H26N4. The number of rotatable bonds is 7. The fourth-order valence-electron chi connectivity index (χ4n) is 3.35. The lowest BCUT2D eigenvalue weighted by Gasteiger charge is -2.40. The van der Waals surface area contributed by atoms with Crippen molar-refractivity contribution in [1.29, 1.82) is 0 Å². The molecule has 0 fully saturated rings. The molecule has 0 saturated carbocycles. The number of nitrogens with zero attached hydrogens (tertiary/aromatic N) is 3. The molecule has 1 unspecified atom stereocenters. The van der Waals surface area contributed by atoms with Gasteiger partial charge in [0.25, 0.3) is 0 Å². The maximum absolute atomic E-state index is 4.12. The number of nitrogens with one attached hydrogen (secondary N) is 1. The van der Waals surface area contributed by atoms with Crippen LogP contribution in [0.5, 0.6) is 0 Å². The average molecular weight is 286 g/mol. The van der Waals surface area contributed by atoms with Gasteiger partial charge < -0.3 is 5.32 Å². The molecule has 1 aromatic heterocycles. The molecule has 1 N–H and O–H groups in total. The molecule has 2 aromatic rings. The summed E-state index contributed by atoms with van der Waals surface area (Å²) >= 11 is 0. The van der Waals surface area contributed by atoms with E-state index in [1.165, 1.54) is 5.56 Å². The number of likely N-dealkylation sites (N-methyl/N-ethyl adjacent to an activating group) is 1. The van der Waals surface area contributed by atoms with E-state index >= 15 is 0 Å². The van der Waals surface area contributed by atoms with Gasteiger partial charge in [0.05, 0.1) is 17.9 Å². The van der Waals surface area contributed by atoms with Crippen molar-refractivity contribution in [2.75, 3.05) is 6.54 Å². The molecule has 4 heteroatoms. The third kappa shape index (κ3) is 2.86. The van der Waals surface area contributed by atoms with Crippen molar-refractivity contribution >= 4 is 0 Å². The first-order valence-electron chi connectivity index (χ1n) is 7.83. The van der Waals surface area contributed by atoms with Gasteiger partial charge in [0.15, 0.2) is 0 Å². The zero-order valence-corrected chi connectivity index (χ0v) is 13.5. The Hall–Kier alpha value is -1.68. The summed E-state index contributed by atoms with van der Waals surface area (Å²) in [6.07, 6.45) is 4.02. The van der Waals surface area contributed by atoms with Gasteiger partial charge in [-0.1, -0.05) is 56.3 Å². The first-order valence-corrected chi connectivity index (χ1v) is 7.83. The highest BCUT2D eigenvalue weighted by Gasteiger charge is 2.39. The molecule has 0 aliphatic carbocycles. The van der Waals surface area contributed by atoms with Crippen LogP contribution in [0.15, 0.2) is 36.5 Å². The van der Waals surface area contributed by atoms with Gasteiger partial charge in [-0.2, -0.15) is 0 Å². The molecule has 21 heavy (non-hydrogen) atoms. The maximum Gasteiger partial charge on any atom is 0.0762 e. The number of hydrogen-bond acceptors (Lipinski definition) is 3. The Kier molecular flexibility index (Phi) is 5.12. The highest BCUT2D eigenvalue weighted by atomic mass is 15.4. The van der Waals surface area contributed by atoms with Crippen LogP contribution in [0.3, 0.4) is 0 Å². The van der Waals surface area contributed by atoms with Crippen LogP contribution >= 0.6 is 0 Å². The zero-order valence-electron chi connectivity index (χ0n) is 13.5. The predicted octanol–water partition coefficient (Wildman–Crippen LogP) is 3.22. The standard InChI is InChI=1S/C17H26N4/c1-5-17(6-2,14-11-9-8-10-12-14)16(18-7-3)15-13-19-20-21(15)4/h8-13,16,18H,5-7H2,1-4H3. The van der Waals surface area contributed by atoms with Gasteiger partial charge in [0.2, 0.25) is 0 Å². The van der Waals surface area contributed by atoms with Crippen LogP contribution in [0.4, 0.5) is 0 Å². The normalized spacial score (nSPS) is 13.3. The lowest BCUT2D eigenvalue weighted by atomic mass is 9.69. The van der Waals surface area contributed by atoms with Crippen molar-refractivity contribution < 1.29 is 0 Å². The fraction of sp³-hybridized carbons (Fsp3) is 0.529. The summed E-state index contributed by atoms with van der Waals surface area (Å²) < 4.78 is 1.89. The Morgan fingerprint density at radius 3 is 2.29 bits per heavy atom. The SMILES string of the molecule is CCNC(c1cnnn1C)C(CC)(CC)c1ccccc1. The van der Waals surface area contributed by atoms with E-state index in [2.05, 4.69) is 66.7 Å². The Morgan fingerprint density at radius 1 is 1.14 bits per heavy atom. The largest absolute Gasteiger partial charge is 0.308 e. The zero-order chi connectivity index (χ0) is 15.3. The van der Waals surface area contributed by atoms with Crippen molar-refractivity contribution in [3.05, 3.63) is 47.8 Å². The second-order valence-corrected chi connectivity index (χ2v) is 5.50. The highest BCUT2D eigenvalue weighted by molar-refractivity contribution is 5.30. The third-order valence-corrected chi connectivity index (χ3v) is 4.62. The maximum atomic E-state index is 4.12. The minimum Gasteiger partial charge on any atom is -0.308 e. The van der Waals surface area contributed by atoms with Gasteiger partial charge in [-0.25, -0.2) is 0 Å². The molecule has 1 heterocycles. The molecule has 4 nitrogen and oxygen atoms in total. The van der Waals surface area contributed by atoms with E-state index in [0.717, 1.165) is 25.1 Å². The van der Waals surface area contributed by atoms with Crippen molar-refractivity contribution in [2.24, 2.45) is 7.05 Å². The van der Waals surface area contributed by atoms with Gasteiger partial charge in [-0.05, 0) is 24.9 Å². The molecule has 0 spiro atoms. The number of aromatic nitrogens is 3. The topological polar surface area (TPSA) is 42.7 Å². The molecule has 0 amide bonds. The summed E-state index contributed by atoms with van der Waals surface area (Å²) in [5.41, 5.74) is 2.57. The van der Waals surface area contributed by atoms with E-state index in [0.29, 0.717) is 0 Å². The lowest BCUT2D eigenvalue weighted by molar-refractivity contribution is 0.267. The van der Waals surface area contributed by atoms with Crippen LogP contribution < -0.4 is 5.32 Å². The summed E-state index contributed by atoms with van der Waals surface area (Å²) in [5, 5.41) is 11.9. The van der Waals surface area contributed by atoms with E-state index in [1.807, 2.05) is 17.9 Å². The van der Waals surface area contributed by atoms with Crippen molar-refractivity contribution in [3.8, 4) is 0 Å². The van der Waals surface area contributed by atoms with Gasteiger partial charge >= 0.3 is 0 Å². The van der Waals surface area contributed by atoms with Gasteiger partial charge in [-0.15, -0.1) is 5.10 Å². The van der Waals surface area contributed by atoms with Crippen LogP contribution in [0, 0.1) is 0 Å². The molecular weight excluding hydrogens is 260 g/mol. The monoisotopic (exact) mass is 286 g/mol. The number of benzene rings is 1. The number of hydrogen-bond donors (Lipinski definition) is 1. The first-order chi connectivity index (χ1) is 10.2. The molecule has 0 radical (unpaired) electrons.